The Bertz CT molecular complexity index is 790. The molecule has 0 atom stereocenters. The van der Waals surface area contributed by atoms with Crippen molar-refractivity contribution in [3.8, 4) is 5.40 Å². The van der Waals surface area contributed by atoms with Crippen LogP contribution in [0.15, 0.2) is 23.0 Å². The van der Waals surface area contributed by atoms with Gasteiger partial charge in [0, 0.05) is 11.1 Å². The average molecular weight is 334 g/mol. The summed E-state index contributed by atoms with van der Waals surface area (Å²) in [5.74, 6) is 1.12. The zero-order chi connectivity index (χ0) is 15.5. The third-order valence-electron chi connectivity index (χ3n) is 4.14. The van der Waals surface area contributed by atoms with Crippen LogP contribution in [0.3, 0.4) is 0 Å². The van der Waals surface area contributed by atoms with Gasteiger partial charge >= 0.3 is 0 Å². The van der Waals surface area contributed by atoms with Gasteiger partial charge in [-0.2, -0.15) is 5.26 Å². The van der Waals surface area contributed by atoms with Crippen LogP contribution in [-0.4, -0.2) is 9.55 Å². The maximum atomic E-state index is 12.9. The minimum atomic E-state index is -0.0343. The molecule has 2 aromatic rings. The molecular weight excluding hydrogens is 318 g/mol. The number of thiocyanates is 1. The summed E-state index contributed by atoms with van der Waals surface area (Å²) < 4.78 is 1.81. The molecule has 0 aliphatic heterocycles. The first-order valence-electron chi connectivity index (χ1n) is 7.42. The van der Waals surface area contributed by atoms with Gasteiger partial charge in [-0.05, 0) is 42.8 Å². The summed E-state index contributed by atoms with van der Waals surface area (Å²) in [7, 11) is 0. The number of aromatic nitrogens is 2. The van der Waals surface area contributed by atoms with E-state index in [-0.39, 0.29) is 11.6 Å². The molecule has 0 spiro atoms. The highest BCUT2D eigenvalue weighted by Crippen LogP contribution is 2.29. The molecule has 0 radical (unpaired) electrons. The number of hydrogen-bond acceptors (Lipinski definition) is 4. The van der Waals surface area contributed by atoms with Crippen LogP contribution in [0.1, 0.15) is 44.0 Å². The van der Waals surface area contributed by atoms with E-state index in [4.69, 9.17) is 16.9 Å². The first-order valence-corrected chi connectivity index (χ1v) is 8.78. The van der Waals surface area contributed by atoms with E-state index in [2.05, 4.69) is 10.4 Å². The lowest BCUT2D eigenvalue weighted by molar-refractivity contribution is 0.339. The summed E-state index contributed by atoms with van der Waals surface area (Å²) in [5.41, 5.74) is 0.614. The van der Waals surface area contributed by atoms with Crippen molar-refractivity contribution < 1.29 is 0 Å². The van der Waals surface area contributed by atoms with Gasteiger partial charge < -0.3 is 0 Å². The topological polar surface area (TPSA) is 58.7 Å². The Morgan fingerprint density at radius 2 is 2.14 bits per heavy atom. The number of halogens is 1. The quantitative estimate of drug-likeness (QED) is 0.787. The van der Waals surface area contributed by atoms with Crippen LogP contribution in [0.25, 0.3) is 10.9 Å². The average Bonchev–Trinajstić information content (AvgIpc) is 2.54. The van der Waals surface area contributed by atoms with Crippen molar-refractivity contribution >= 4 is 34.3 Å². The Hall–Kier alpha value is -1.51. The van der Waals surface area contributed by atoms with Crippen LogP contribution in [0.5, 0.6) is 0 Å². The molecule has 1 aromatic carbocycles. The molecule has 0 N–H and O–H groups in total. The molecule has 1 saturated carbocycles. The zero-order valence-electron chi connectivity index (χ0n) is 12.1. The van der Waals surface area contributed by atoms with Gasteiger partial charge in [-0.15, -0.1) is 0 Å². The van der Waals surface area contributed by atoms with Crippen molar-refractivity contribution in [2.45, 2.75) is 43.9 Å². The fraction of sp³-hybridized carbons (Fsp3) is 0.438. The molecule has 1 aliphatic carbocycles. The molecule has 1 aromatic heterocycles. The molecule has 1 aliphatic rings. The summed E-state index contributed by atoms with van der Waals surface area (Å²) >= 11 is 7.15. The van der Waals surface area contributed by atoms with Crippen LogP contribution < -0.4 is 5.56 Å². The minimum absolute atomic E-state index is 0.0343. The third kappa shape index (κ3) is 2.99. The van der Waals surface area contributed by atoms with E-state index in [1.807, 2.05) is 4.57 Å². The Balaban J connectivity index is 2.18. The van der Waals surface area contributed by atoms with Crippen LogP contribution in [0, 0.1) is 10.7 Å². The van der Waals surface area contributed by atoms with Gasteiger partial charge in [-0.3, -0.25) is 9.36 Å². The van der Waals surface area contributed by atoms with Crippen LogP contribution in [-0.2, 0) is 5.75 Å². The zero-order valence-corrected chi connectivity index (χ0v) is 13.7. The molecule has 4 nitrogen and oxygen atoms in total. The van der Waals surface area contributed by atoms with Crippen molar-refractivity contribution in [1.29, 1.82) is 5.26 Å². The molecule has 0 saturated heterocycles. The Morgan fingerprint density at radius 1 is 1.36 bits per heavy atom. The second-order valence-electron chi connectivity index (χ2n) is 5.54. The van der Waals surface area contributed by atoms with E-state index < -0.39 is 0 Å². The van der Waals surface area contributed by atoms with Crippen molar-refractivity contribution in [3.63, 3.8) is 0 Å². The lowest BCUT2D eigenvalue weighted by atomic mass is 9.95. The number of thioether (sulfide) groups is 1. The van der Waals surface area contributed by atoms with Gasteiger partial charge in [-0.1, -0.05) is 30.9 Å². The lowest BCUT2D eigenvalue weighted by Crippen LogP contribution is -2.30. The van der Waals surface area contributed by atoms with Gasteiger partial charge in [0.2, 0.25) is 0 Å². The number of nitriles is 1. The van der Waals surface area contributed by atoms with Gasteiger partial charge in [0.05, 0.1) is 16.7 Å². The smallest absolute Gasteiger partial charge is 0.261 e. The molecule has 114 valence electrons. The fourth-order valence-electron chi connectivity index (χ4n) is 3.13. The predicted molar refractivity (Wildman–Crippen MR) is 90.0 cm³/mol. The minimum Gasteiger partial charge on any atom is -0.292 e. The highest BCUT2D eigenvalue weighted by Gasteiger charge is 2.21. The predicted octanol–water partition coefficient (Wildman–Crippen LogP) is 4.27. The number of hydrogen-bond donors (Lipinski definition) is 0. The molecule has 22 heavy (non-hydrogen) atoms. The summed E-state index contributed by atoms with van der Waals surface area (Å²) in [6.07, 6.45) is 5.49. The third-order valence-corrected chi connectivity index (χ3v) is 4.91. The molecule has 1 heterocycles. The molecule has 0 amide bonds. The Kier molecular flexibility index (Phi) is 4.70. The fourth-order valence-corrected chi connectivity index (χ4v) is 3.70. The molecule has 0 bridgehead atoms. The molecule has 3 rings (SSSR count). The van der Waals surface area contributed by atoms with E-state index in [1.54, 1.807) is 18.2 Å². The highest BCUT2D eigenvalue weighted by atomic mass is 35.5. The summed E-state index contributed by atoms with van der Waals surface area (Å²) in [5, 5.41) is 12.0. The summed E-state index contributed by atoms with van der Waals surface area (Å²) in [4.78, 5) is 17.6. The number of nitrogens with zero attached hydrogens (tertiary/aromatic N) is 3. The van der Waals surface area contributed by atoms with E-state index in [1.165, 1.54) is 6.42 Å². The van der Waals surface area contributed by atoms with Crippen molar-refractivity contribution in [2.24, 2.45) is 0 Å². The molecule has 6 heteroatoms. The number of benzene rings is 1. The van der Waals surface area contributed by atoms with Gasteiger partial charge in [0.15, 0.2) is 0 Å². The Labute approximate surface area is 138 Å². The molecular formula is C16H16ClN3OS. The van der Waals surface area contributed by atoms with Crippen molar-refractivity contribution in [3.05, 3.63) is 39.4 Å². The maximum absolute atomic E-state index is 12.9. The van der Waals surface area contributed by atoms with Crippen LogP contribution >= 0.6 is 23.4 Å². The summed E-state index contributed by atoms with van der Waals surface area (Å²) in [6.45, 7) is 0. The first kappa shape index (κ1) is 15.4. The molecule has 0 unspecified atom stereocenters. The van der Waals surface area contributed by atoms with E-state index in [0.717, 1.165) is 37.4 Å². The maximum Gasteiger partial charge on any atom is 0.261 e. The van der Waals surface area contributed by atoms with Crippen LogP contribution in [0.4, 0.5) is 0 Å². The van der Waals surface area contributed by atoms with E-state index in [0.29, 0.717) is 27.5 Å². The van der Waals surface area contributed by atoms with Gasteiger partial charge in [0.1, 0.15) is 11.2 Å². The van der Waals surface area contributed by atoms with Crippen molar-refractivity contribution in [1.82, 2.24) is 9.55 Å². The largest absolute Gasteiger partial charge is 0.292 e. The summed E-state index contributed by atoms with van der Waals surface area (Å²) in [6, 6.07) is 5.38. The second-order valence-corrected chi connectivity index (χ2v) is 6.73. The molecule has 1 fully saturated rings. The van der Waals surface area contributed by atoms with Gasteiger partial charge in [0.25, 0.3) is 5.56 Å². The monoisotopic (exact) mass is 333 g/mol. The first-order chi connectivity index (χ1) is 10.7. The highest BCUT2D eigenvalue weighted by molar-refractivity contribution is 8.02. The standard InChI is InChI=1S/C16H16ClN3OS/c17-11-6-7-14-13(8-11)16(21)20(12-4-2-1-3-5-12)15(19-14)9-22-10-18/h6-8,12H,1-5,9H2. The van der Waals surface area contributed by atoms with E-state index in [9.17, 15) is 4.79 Å². The Morgan fingerprint density at radius 3 is 2.86 bits per heavy atom. The second kappa shape index (κ2) is 6.72. The number of fused-ring (bicyclic) bond motifs is 1. The normalized spacial score (nSPS) is 15.8. The van der Waals surface area contributed by atoms with Crippen LogP contribution in [0.2, 0.25) is 5.02 Å². The van der Waals surface area contributed by atoms with Gasteiger partial charge in [-0.25, -0.2) is 4.98 Å². The number of rotatable bonds is 3. The van der Waals surface area contributed by atoms with Crippen molar-refractivity contribution in [2.75, 3.05) is 0 Å². The lowest BCUT2D eigenvalue weighted by Gasteiger charge is -2.26. The SMILES string of the molecule is N#CSCc1nc2ccc(Cl)cc2c(=O)n1C1CCCCC1. The van der Waals surface area contributed by atoms with E-state index >= 15 is 0 Å².